The molecule has 26 heavy (non-hydrogen) atoms. The van der Waals surface area contributed by atoms with Gasteiger partial charge in [-0.1, -0.05) is 36.4 Å². The van der Waals surface area contributed by atoms with Gasteiger partial charge in [0.15, 0.2) is 0 Å². The van der Waals surface area contributed by atoms with E-state index < -0.39 is 0 Å². The summed E-state index contributed by atoms with van der Waals surface area (Å²) in [6, 6.07) is 21.6. The number of hydrogen-bond acceptors (Lipinski definition) is 2. The van der Waals surface area contributed by atoms with Crippen LogP contribution in [0.15, 0.2) is 72.8 Å². The van der Waals surface area contributed by atoms with Gasteiger partial charge in [-0.05, 0) is 61.4 Å². The van der Waals surface area contributed by atoms with Gasteiger partial charge in [-0.3, -0.25) is 9.59 Å². The third-order valence-corrected chi connectivity index (χ3v) is 4.27. The van der Waals surface area contributed by atoms with E-state index in [1.165, 1.54) is 0 Å². The number of carbonyl (C=O) groups excluding carboxylic acids is 2. The molecule has 3 aromatic carbocycles. The first-order chi connectivity index (χ1) is 12.5. The maximum atomic E-state index is 12.6. The van der Waals surface area contributed by atoms with Crippen LogP contribution in [0.3, 0.4) is 0 Å². The predicted molar refractivity (Wildman–Crippen MR) is 105 cm³/mol. The van der Waals surface area contributed by atoms with Gasteiger partial charge in [-0.2, -0.15) is 0 Å². The van der Waals surface area contributed by atoms with Gasteiger partial charge >= 0.3 is 0 Å². The van der Waals surface area contributed by atoms with Crippen LogP contribution in [0.5, 0.6) is 0 Å². The molecule has 0 radical (unpaired) electrons. The van der Waals surface area contributed by atoms with Crippen molar-refractivity contribution in [1.82, 2.24) is 0 Å². The fourth-order valence-electron chi connectivity index (χ4n) is 2.61. The second-order valence-electron chi connectivity index (χ2n) is 6.10. The van der Waals surface area contributed by atoms with Gasteiger partial charge in [0, 0.05) is 22.5 Å². The molecule has 130 valence electrons. The molecule has 0 aliphatic heterocycles. The highest BCUT2D eigenvalue weighted by atomic mass is 16.2. The Bertz CT molecular complexity index is 949. The largest absolute Gasteiger partial charge is 0.322 e. The Balaban J connectivity index is 1.75. The van der Waals surface area contributed by atoms with E-state index in [4.69, 9.17) is 0 Å². The molecule has 2 N–H and O–H groups in total. The standard InChI is InChI=1S/C22H20N2O2/c1-15-8-6-13-20(16(15)2)24-22(26)18-11-7-12-19(14-18)23-21(25)17-9-4-3-5-10-17/h3-14H,1-2H3,(H,23,25)(H,24,26). The molecular weight excluding hydrogens is 324 g/mol. The minimum absolute atomic E-state index is 0.210. The van der Waals surface area contributed by atoms with Crippen molar-refractivity contribution in [3.05, 3.63) is 95.1 Å². The summed E-state index contributed by atoms with van der Waals surface area (Å²) in [5, 5.41) is 5.75. The maximum absolute atomic E-state index is 12.6. The van der Waals surface area contributed by atoms with Crippen molar-refractivity contribution in [3.8, 4) is 0 Å². The molecule has 2 amide bonds. The summed E-state index contributed by atoms with van der Waals surface area (Å²) >= 11 is 0. The van der Waals surface area contributed by atoms with E-state index in [9.17, 15) is 9.59 Å². The van der Waals surface area contributed by atoms with Crippen molar-refractivity contribution >= 4 is 23.2 Å². The first-order valence-corrected chi connectivity index (χ1v) is 8.38. The van der Waals surface area contributed by atoms with Crippen molar-refractivity contribution in [3.63, 3.8) is 0 Å². The number of hydrogen-bond donors (Lipinski definition) is 2. The van der Waals surface area contributed by atoms with E-state index >= 15 is 0 Å². The van der Waals surface area contributed by atoms with Gasteiger partial charge in [0.1, 0.15) is 0 Å². The van der Waals surface area contributed by atoms with E-state index in [1.54, 1.807) is 36.4 Å². The highest BCUT2D eigenvalue weighted by Crippen LogP contribution is 2.20. The minimum Gasteiger partial charge on any atom is -0.322 e. The molecule has 3 aromatic rings. The monoisotopic (exact) mass is 344 g/mol. The Labute approximate surface area is 152 Å². The zero-order valence-electron chi connectivity index (χ0n) is 14.7. The molecule has 4 heteroatoms. The van der Waals surface area contributed by atoms with Crippen LogP contribution < -0.4 is 10.6 Å². The highest BCUT2D eigenvalue weighted by Gasteiger charge is 2.11. The van der Waals surface area contributed by atoms with Crippen molar-refractivity contribution in [2.45, 2.75) is 13.8 Å². The van der Waals surface area contributed by atoms with Crippen LogP contribution in [0.1, 0.15) is 31.8 Å². The number of benzene rings is 3. The van der Waals surface area contributed by atoms with Crippen LogP contribution in [0.4, 0.5) is 11.4 Å². The molecule has 0 atom stereocenters. The van der Waals surface area contributed by atoms with Crippen LogP contribution in [-0.2, 0) is 0 Å². The topological polar surface area (TPSA) is 58.2 Å². The lowest BCUT2D eigenvalue weighted by atomic mass is 10.1. The van der Waals surface area contributed by atoms with Gasteiger partial charge in [-0.15, -0.1) is 0 Å². The molecular formula is C22H20N2O2. The van der Waals surface area contributed by atoms with E-state index in [2.05, 4.69) is 10.6 Å². The summed E-state index contributed by atoms with van der Waals surface area (Å²) in [7, 11) is 0. The Morgan fingerprint density at radius 3 is 2.12 bits per heavy atom. The Morgan fingerprint density at radius 2 is 1.35 bits per heavy atom. The highest BCUT2D eigenvalue weighted by molar-refractivity contribution is 6.07. The number of nitrogens with one attached hydrogen (secondary N) is 2. The maximum Gasteiger partial charge on any atom is 0.255 e. The van der Waals surface area contributed by atoms with Crippen LogP contribution in [0.25, 0.3) is 0 Å². The first kappa shape index (κ1) is 17.4. The lowest BCUT2D eigenvalue weighted by molar-refractivity contribution is 0.101. The summed E-state index contributed by atoms with van der Waals surface area (Å²) in [5.41, 5.74) is 4.57. The van der Waals surface area contributed by atoms with E-state index in [0.29, 0.717) is 16.8 Å². The summed E-state index contributed by atoms with van der Waals surface area (Å²) in [6.07, 6.45) is 0. The Morgan fingerprint density at radius 1 is 0.692 bits per heavy atom. The van der Waals surface area contributed by atoms with Crippen molar-refractivity contribution in [2.24, 2.45) is 0 Å². The van der Waals surface area contributed by atoms with E-state index in [-0.39, 0.29) is 11.8 Å². The summed E-state index contributed by atoms with van der Waals surface area (Å²) < 4.78 is 0. The molecule has 0 fully saturated rings. The molecule has 3 rings (SSSR count). The normalized spacial score (nSPS) is 10.2. The number of amides is 2. The smallest absolute Gasteiger partial charge is 0.255 e. The molecule has 0 aromatic heterocycles. The van der Waals surface area contributed by atoms with E-state index in [1.807, 2.05) is 50.2 Å². The molecule has 0 saturated heterocycles. The number of rotatable bonds is 4. The van der Waals surface area contributed by atoms with Crippen LogP contribution in [0, 0.1) is 13.8 Å². The third-order valence-electron chi connectivity index (χ3n) is 4.27. The average molecular weight is 344 g/mol. The number of aryl methyl sites for hydroxylation is 1. The van der Waals surface area contributed by atoms with Gasteiger partial charge < -0.3 is 10.6 Å². The summed E-state index contributed by atoms with van der Waals surface area (Å²) in [4.78, 5) is 24.8. The third kappa shape index (κ3) is 3.98. The zero-order valence-corrected chi connectivity index (χ0v) is 14.7. The number of carbonyl (C=O) groups is 2. The number of anilines is 2. The van der Waals surface area contributed by atoms with Crippen LogP contribution in [-0.4, -0.2) is 11.8 Å². The predicted octanol–water partition coefficient (Wildman–Crippen LogP) is 4.81. The van der Waals surface area contributed by atoms with Crippen LogP contribution >= 0.6 is 0 Å². The SMILES string of the molecule is Cc1cccc(NC(=O)c2cccc(NC(=O)c3ccccc3)c2)c1C. The molecule has 0 unspecified atom stereocenters. The van der Waals surface area contributed by atoms with Gasteiger partial charge in [-0.25, -0.2) is 0 Å². The molecule has 4 nitrogen and oxygen atoms in total. The van der Waals surface area contributed by atoms with Gasteiger partial charge in [0.05, 0.1) is 0 Å². The zero-order chi connectivity index (χ0) is 18.5. The lowest BCUT2D eigenvalue weighted by Crippen LogP contribution is -2.15. The van der Waals surface area contributed by atoms with Crippen molar-refractivity contribution in [1.29, 1.82) is 0 Å². The fraction of sp³-hybridized carbons (Fsp3) is 0.0909. The van der Waals surface area contributed by atoms with Crippen molar-refractivity contribution in [2.75, 3.05) is 10.6 Å². The minimum atomic E-state index is -0.213. The Hall–Kier alpha value is -3.40. The second kappa shape index (κ2) is 7.66. The van der Waals surface area contributed by atoms with E-state index in [0.717, 1.165) is 16.8 Å². The summed E-state index contributed by atoms with van der Waals surface area (Å²) in [6.45, 7) is 3.98. The summed E-state index contributed by atoms with van der Waals surface area (Å²) in [5.74, 6) is -0.424. The lowest BCUT2D eigenvalue weighted by Gasteiger charge is -2.11. The molecule has 0 aliphatic rings. The Kier molecular flexibility index (Phi) is 5.13. The van der Waals surface area contributed by atoms with Crippen LogP contribution in [0.2, 0.25) is 0 Å². The fourth-order valence-corrected chi connectivity index (χ4v) is 2.61. The quantitative estimate of drug-likeness (QED) is 0.714. The molecule has 0 aliphatic carbocycles. The molecule has 0 saturated carbocycles. The molecule has 0 spiro atoms. The first-order valence-electron chi connectivity index (χ1n) is 8.38. The van der Waals surface area contributed by atoms with Gasteiger partial charge in [0.2, 0.25) is 0 Å². The molecule has 0 bridgehead atoms. The second-order valence-corrected chi connectivity index (χ2v) is 6.10. The molecule has 0 heterocycles. The van der Waals surface area contributed by atoms with Gasteiger partial charge in [0.25, 0.3) is 11.8 Å². The average Bonchev–Trinajstić information content (AvgIpc) is 2.66. The van der Waals surface area contributed by atoms with Crippen molar-refractivity contribution < 1.29 is 9.59 Å².